The average Bonchev–Trinajstić information content (AvgIpc) is 3.36. The first-order valence-electron chi connectivity index (χ1n) is 13.2. The van der Waals surface area contributed by atoms with Crippen LogP contribution < -0.4 is 5.32 Å². The van der Waals surface area contributed by atoms with Crippen molar-refractivity contribution in [3.05, 3.63) is 30.1 Å². The number of hydrogen-bond donors (Lipinski definition) is 2. The largest absolute Gasteiger partial charge is 0.490 e. The van der Waals surface area contributed by atoms with Crippen LogP contribution in [0.4, 0.5) is 18.0 Å². The molecule has 1 unspecified atom stereocenters. The Hall–Kier alpha value is -2.89. The Bertz CT molecular complexity index is 969. The van der Waals surface area contributed by atoms with Crippen LogP contribution in [0, 0.1) is 10.8 Å². The minimum absolute atomic E-state index is 0.0452. The van der Waals surface area contributed by atoms with Crippen LogP contribution in [-0.2, 0) is 16.1 Å². The molecule has 2 N–H and O–H groups in total. The third-order valence-corrected chi connectivity index (χ3v) is 8.11. The number of rotatable bonds is 6. The molecule has 3 aliphatic rings. The van der Waals surface area contributed by atoms with Crippen molar-refractivity contribution in [2.45, 2.75) is 58.7 Å². The Morgan fingerprint density at radius 1 is 1.13 bits per heavy atom. The summed E-state index contributed by atoms with van der Waals surface area (Å²) in [6.45, 7) is 10.6. The second-order valence-corrected chi connectivity index (χ2v) is 10.4. The van der Waals surface area contributed by atoms with Gasteiger partial charge in [-0.1, -0.05) is 19.4 Å². The van der Waals surface area contributed by atoms with Gasteiger partial charge in [0.1, 0.15) is 0 Å². The molecule has 0 aromatic carbocycles. The molecule has 2 spiro atoms. The molecule has 0 aliphatic carbocycles. The van der Waals surface area contributed by atoms with Crippen LogP contribution in [-0.4, -0.2) is 94.7 Å². The molecule has 3 fully saturated rings. The monoisotopic (exact) mass is 541 g/mol. The number of carbonyl (C=O) groups is 3. The van der Waals surface area contributed by atoms with Crippen molar-refractivity contribution in [1.29, 1.82) is 0 Å². The van der Waals surface area contributed by atoms with Gasteiger partial charge in [-0.3, -0.25) is 14.7 Å². The van der Waals surface area contributed by atoms with Gasteiger partial charge in [-0.05, 0) is 44.2 Å². The molecule has 4 heterocycles. The number of fused-ring (bicyclic) bond motifs is 1. The zero-order valence-electron chi connectivity index (χ0n) is 22.1. The predicted octanol–water partition coefficient (Wildman–Crippen LogP) is 3.36. The first-order valence-corrected chi connectivity index (χ1v) is 13.2. The van der Waals surface area contributed by atoms with Crippen molar-refractivity contribution >= 4 is 17.9 Å². The van der Waals surface area contributed by atoms with Gasteiger partial charge in [0.05, 0.1) is 5.41 Å². The third kappa shape index (κ3) is 6.39. The fourth-order valence-electron chi connectivity index (χ4n) is 6.08. The van der Waals surface area contributed by atoms with E-state index in [9.17, 15) is 22.8 Å². The Morgan fingerprint density at radius 3 is 2.34 bits per heavy atom. The zero-order valence-corrected chi connectivity index (χ0v) is 22.1. The summed E-state index contributed by atoms with van der Waals surface area (Å²) in [6.07, 6.45) is 3.48. The number of aromatic nitrogens is 1. The maximum absolute atomic E-state index is 13.6. The molecule has 9 nitrogen and oxygen atoms in total. The Morgan fingerprint density at radius 2 is 1.82 bits per heavy atom. The van der Waals surface area contributed by atoms with E-state index in [4.69, 9.17) is 9.90 Å². The standard InChI is InChI=1S/C24H37N5O2.C2HF3O2/c1-3-5-12-26-22(31)29-13-8-23(9-14-29)18-27(17-20-7-6-11-25-16-20)19-24(23)10-15-28(4-2)21(24)30;3-2(4,5)1(6)7/h6-7,11,16H,3-5,8-10,12-15,17-19H2,1-2H3,(H,26,31);(H,6,7). The highest BCUT2D eigenvalue weighted by Crippen LogP contribution is 2.58. The number of pyridine rings is 1. The second-order valence-electron chi connectivity index (χ2n) is 10.4. The molecule has 212 valence electrons. The number of carbonyl (C=O) groups excluding carboxylic acids is 2. The van der Waals surface area contributed by atoms with Crippen molar-refractivity contribution in [2.75, 3.05) is 45.8 Å². The lowest BCUT2D eigenvalue weighted by molar-refractivity contribution is -0.192. The fourth-order valence-corrected chi connectivity index (χ4v) is 6.08. The number of nitrogens with zero attached hydrogens (tertiary/aromatic N) is 4. The van der Waals surface area contributed by atoms with Gasteiger partial charge < -0.3 is 20.2 Å². The first-order chi connectivity index (χ1) is 18.0. The van der Waals surface area contributed by atoms with E-state index in [1.54, 1.807) is 6.20 Å². The quantitative estimate of drug-likeness (QED) is 0.535. The van der Waals surface area contributed by atoms with Gasteiger partial charge in [-0.2, -0.15) is 13.2 Å². The molecule has 0 bridgehead atoms. The molecule has 1 aromatic heterocycles. The second kappa shape index (κ2) is 12.3. The molecule has 3 aliphatic heterocycles. The lowest BCUT2D eigenvalue weighted by Gasteiger charge is -2.47. The van der Waals surface area contributed by atoms with Crippen LogP contribution in [0.2, 0.25) is 0 Å². The van der Waals surface area contributed by atoms with Crippen molar-refractivity contribution < 1.29 is 32.7 Å². The number of alkyl halides is 3. The van der Waals surface area contributed by atoms with E-state index in [0.29, 0.717) is 5.91 Å². The molecular formula is C26H38F3N5O4. The number of likely N-dealkylation sites (tertiary alicyclic amines) is 3. The van der Waals surface area contributed by atoms with Gasteiger partial charge in [-0.25, -0.2) is 9.59 Å². The number of nitrogens with one attached hydrogen (secondary N) is 1. The van der Waals surface area contributed by atoms with Gasteiger partial charge in [0, 0.05) is 70.2 Å². The molecule has 3 amide bonds. The Balaban J connectivity index is 0.000000505. The van der Waals surface area contributed by atoms with Gasteiger partial charge in [0.2, 0.25) is 5.91 Å². The summed E-state index contributed by atoms with van der Waals surface area (Å²) >= 11 is 0. The number of amides is 3. The Labute approximate surface area is 221 Å². The average molecular weight is 542 g/mol. The smallest absolute Gasteiger partial charge is 0.475 e. The molecule has 12 heteroatoms. The number of urea groups is 1. The van der Waals surface area contributed by atoms with E-state index in [2.05, 4.69) is 35.1 Å². The SMILES string of the molecule is CCCCNC(=O)N1CCC2(CC1)CN(Cc1cccnc1)CC21CCN(CC)C1=O.O=C(O)C(F)(F)F. The van der Waals surface area contributed by atoms with E-state index < -0.39 is 12.1 Å². The molecule has 0 saturated carbocycles. The maximum atomic E-state index is 13.6. The van der Waals surface area contributed by atoms with E-state index in [1.807, 2.05) is 22.1 Å². The number of hydrogen-bond acceptors (Lipinski definition) is 5. The summed E-state index contributed by atoms with van der Waals surface area (Å²) in [5, 5.41) is 10.2. The molecule has 1 atom stereocenters. The number of carboxylic acids is 1. The summed E-state index contributed by atoms with van der Waals surface area (Å²) in [5.74, 6) is -2.42. The normalized spacial score (nSPS) is 23.0. The topological polar surface area (TPSA) is 106 Å². The highest BCUT2D eigenvalue weighted by atomic mass is 19.4. The van der Waals surface area contributed by atoms with Crippen LogP contribution in [0.3, 0.4) is 0 Å². The maximum Gasteiger partial charge on any atom is 0.490 e. The van der Waals surface area contributed by atoms with Crippen LogP contribution in [0.15, 0.2) is 24.5 Å². The lowest BCUT2D eigenvalue weighted by Crippen LogP contribution is -2.55. The van der Waals surface area contributed by atoms with Gasteiger partial charge >= 0.3 is 18.2 Å². The van der Waals surface area contributed by atoms with Gasteiger partial charge in [0.15, 0.2) is 0 Å². The van der Waals surface area contributed by atoms with Crippen LogP contribution in [0.1, 0.15) is 51.5 Å². The first kappa shape index (κ1) is 29.7. The highest BCUT2D eigenvalue weighted by Gasteiger charge is 2.64. The summed E-state index contributed by atoms with van der Waals surface area (Å²) in [6, 6.07) is 4.14. The number of piperidine rings is 1. The molecular weight excluding hydrogens is 503 g/mol. The number of halogens is 3. The number of unbranched alkanes of at least 4 members (excludes halogenated alkanes) is 1. The van der Waals surface area contributed by atoms with Crippen molar-refractivity contribution in [3.63, 3.8) is 0 Å². The van der Waals surface area contributed by atoms with E-state index in [1.165, 1.54) is 5.56 Å². The molecule has 38 heavy (non-hydrogen) atoms. The van der Waals surface area contributed by atoms with Crippen LogP contribution in [0.25, 0.3) is 0 Å². The van der Waals surface area contributed by atoms with Crippen molar-refractivity contribution in [3.8, 4) is 0 Å². The van der Waals surface area contributed by atoms with Gasteiger partial charge in [-0.15, -0.1) is 0 Å². The summed E-state index contributed by atoms with van der Waals surface area (Å²) in [7, 11) is 0. The molecule has 1 aromatic rings. The summed E-state index contributed by atoms with van der Waals surface area (Å²) in [5.41, 5.74) is 0.840. The highest BCUT2D eigenvalue weighted by molar-refractivity contribution is 5.87. The number of aliphatic carboxylic acids is 1. The molecule has 3 saturated heterocycles. The molecule has 0 radical (unpaired) electrons. The van der Waals surface area contributed by atoms with Crippen molar-refractivity contribution in [1.82, 2.24) is 25.0 Å². The number of carboxylic acid groups (broad SMARTS) is 1. The molecule has 4 rings (SSSR count). The van der Waals surface area contributed by atoms with E-state index >= 15 is 0 Å². The fraction of sp³-hybridized carbons (Fsp3) is 0.692. The van der Waals surface area contributed by atoms with Crippen molar-refractivity contribution in [2.24, 2.45) is 10.8 Å². The van der Waals surface area contributed by atoms with E-state index in [-0.39, 0.29) is 16.9 Å². The zero-order chi connectivity index (χ0) is 28.0. The lowest BCUT2D eigenvalue weighted by atomic mass is 9.60. The summed E-state index contributed by atoms with van der Waals surface area (Å²) in [4.78, 5) is 45.8. The minimum atomic E-state index is -5.08. The summed E-state index contributed by atoms with van der Waals surface area (Å²) < 4.78 is 31.7. The Kier molecular flexibility index (Phi) is 9.61. The minimum Gasteiger partial charge on any atom is -0.475 e. The van der Waals surface area contributed by atoms with Gasteiger partial charge in [0.25, 0.3) is 0 Å². The van der Waals surface area contributed by atoms with Crippen LogP contribution >= 0.6 is 0 Å². The van der Waals surface area contributed by atoms with E-state index in [0.717, 1.165) is 84.5 Å². The third-order valence-electron chi connectivity index (χ3n) is 8.11. The predicted molar refractivity (Wildman–Crippen MR) is 134 cm³/mol. The van der Waals surface area contributed by atoms with Crippen LogP contribution in [0.5, 0.6) is 0 Å².